The topological polar surface area (TPSA) is 94.1 Å². The maximum absolute atomic E-state index is 12.7. The molecule has 0 fully saturated rings. The van der Waals surface area contributed by atoms with Crippen molar-refractivity contribution in [2.75, 3.05) is 5.32 Å². The van der Waals surface area contributed by atoms with Crippen molar-refractivity contribution in [1.82, 2.24) is 15.2 Å². The van der Waals surface area contributed by atoms with Crippen molar-refractivity contribution in [3.8, 4) is 22.2 Å². The van der Waals surface area contributed by atoms with Crippen molar-refractivity contribution >= 4 is 22.9 Å². The van der Waals surface area contributed by atoms with Gasteiger partial charge < -0.3 is 14.2 Å². The lowest BCUT2D eigenvalue weighted by molar-refractivity contribution is 0.102. The molecule has 4 aromatic rings. The second-order valence-electron chi connectivity index (χ2n) is 5.63. The molecule has 1 aromatic carbocycles. The van der Waals surface area contributed by atoms with Crippen molar-refractivity contribution in [3.05, 3.63) is 59.1 Å². The second-order valence-corrected chi connectivity index (χ2v) is 6.58. The van der Waals surface area contributed by atoms with E-state index in [9.17, 15) is 4.79 Å². The Bertz CT molecular complexity index is 1050. The Kier molecular flexibility index (Phi) is 4.10. The average Bonchev–Trinajstić information content (AvgIpc) is 3.38. The number of nitrogens with one attached hydrogen (secondary N) is 1. The van der Waals surface area contributed by atoms with Crippen LogP contribution in [0.15, 0.2) is 50.9 Å². The van der Waals surface area contributed by atoms with E-state index in [-0.39, 0.29) is 11.6 Å². The second kappa shape index (κ2) is 6.57. The van der Waals surface area contributed by atoms with E-state index in [4.69, 9.17) is 8.83 Å². The summed E-state index contributed by atoms with van der Waals surface area (Å²) >= 11 is 1.51. The molecule has 0 radical (unpaired) electrons. The molecule has 1 amide bonds. The van der Waals surface area contributed by atoms with Crippen LogP contribution in [0, 0.1) is 13.8 Å². The van der Waals surface area contributed by atoms with Crippen molar-refractivity contribution in [2.24, 2.45) is 0 Å². The first-order valence-corrected chi connectivity index (χ1v) is 8.69. The van der Waals surface area contributed by atoms with E-state index >= 15 is 0 Å². The average molecular weight is 366 g/mol. The first kappa shape index (κ1) is 16.2. The van der Waals surface area contributed by atoms with E-state index in [1.807, 2.05) is 36.6 Å². The molecule has 130 valence electrons. The summed E-state index contributed by atoms with van der Waals surface area (Å²) in [6, 6.07) is 9.33. The molecule has 3 heterocycles. The van der Waals surface area contributed by atoms with Crippen LogP contribution >= 0.6 is 11.3 Å². The zero-order valence-corrected chi connectivity index (χ0v) is 14.8. The number of hydrogen-bond donors (Lipinski definition) is 1. The maximum atomic E-state index is 12.7. The smallest absolute Gasteiger partial charge is 0.277 e. The predicted molar refractivity (Wildman–Crippen MR) is 97.0 cm³/mol. The lowest BCUT2D eigenvalue weighted by Crippen LogP contribution is -2.14. The quantitative estimate of drug-likeness (QED) is 0.578. The molecule has 0 saturated carbocycles. The Morgan fingerprint density at radius 3 is 2.81 bits per heavy atom. The Morgan fingerprint density at radius 2 is 2.08 bits per heavy atom. The molecule has 0 unspecified atom stereocenters. The lowest BCUT2D eigenvalue weighted by Gasteiger charge is -2.08. The van der Waals surface area contributed by atoms with Gasteiger partial charge in [0.15, 0.2) is 5.69 Å². The number of carbonyl (C=O) groups is 1. The highest BCUT2D eigenvalue weighted by Crippen LogP contribution is 2.27. The van der Waals surface area contributed by atoms with Crippen LogP contribution in [0.3, 0.4) is 0 Å². The van der Waals surface area contributed by atoms with E-state index in [0.717, 1.165) is 16.0 Å². The fraction of sp³-hybridized carbons (Fsp3) is 0.111. The van der Waals surface area contributed by atoms with Crippen molar-refractivity contribution in [3.63, 3.8) is 0 Å². The summed E-state index contributed by atoms with van der Waals surface area (Å²) in [5.41, 5.74) is 2.53. The summed E-state index contributed by atoms with van der Waals surface area (Å²) in [5.74, 6) is 0.966. The van der Waals surface area contributed by atoms with Gasteiger partial charge in [-0.25, -0.2) is 4.98 Å². The summed E-state index contributed by atoms with van der Waals surface area (Å²) in [5, 5.41) is 12.4. The van der Waals surface area contributed by atoms with Gasteiger partial charge in [0.2, 0.25) is 18.2 Å². The Labute approximate surface area is 152 Å². The van der Waals surface area contributed by atoms with E-state index < -0.39 is 0 Å². The number of anilines is 1. The highest BCUT2D eigenvalue weighted by molar-refractivity contribution is 7.13. The zero-order chi connectivity index (χ0) is 18.1. The van der Waals surface area contributed by atoms with Gasteiger partial charge >= 0.3 is 0 Å². The van der Waals surface area contributed by atoms with Crippen LogP contribution in [-0.4, -0.2) is 21.1 Å². The van der Waals surface area contributed by atoms with Gasteiger partial charge in [-0.1, -0.05) is 12.1 Å². The van der Waals surface area contributed by atoms with Gasteiger partial charge in [0.1, 0.15) is 5.76 Å². The standard InChI is InChI=1S/C18H14N4O3S/c1-10-5-6-12(17-22-19-9-24-17)8-13(10)20-16(23)15-11(2)25-18(21-15)14-4-3-7-26-14/h3-9H,1-2H3,(H,20,23). The van der Waals surface area contributed by atoms with Crippen molar-refractivity contribution in [1.29, 1.82) is 0 Å². The van der Waals surface area contributed by atoms with Crippen LogP contribution in [0.5, 0.6) is 0 Å². The molecule has 0 bridgehead atoms. The Hall–Kier alpha value is -3.26. The lowest BCUT2D eigenvalue weighted by atomic mass is 10.1. The summed E-state index contributed by atoms with van der Waals surface area (Å²) in [4.78, 5) is 17.9. The van der Waals surface area contributed by atoms with Gasteiger partial charge in [0, 0.05) is 11.3 Å². The third kappa shape index (κ3) is 3.02. The fourth-order valence-electron chi connectivity index (χ4n) is 2.48. The number of rotatable bonds is 4. The monoisotopic (exact) mass is 366 g/mol. The van der Waals surface area contributed by atoms with Crippen LogP contribution in [0.25, 0.3) is 22.2 Å². The first-order chi connectivity index (χ1) is 12.6. The molecule has 7 nitrogen and oxygen atoms in total. The molecule has 26 heavy (non-hydrogen) atoms. The molecule has 8 heteroatoms. The van der Waals surface area contributed by atoms with E-state index in [2.05, 4.69) is 20.5 Å². The Balaban J connectivity index is 1.62. The Morgan fingerprint density at radius 1 is 1.19 bits per heavy atom. The molecule has 0 spiro atoms. The molecular weight excluding hydrogens is 352 g/mol. The largest absolute Gasteiger partial charge is 0.440 e. The van der Waals surface area contributed by atoms with Crippen LogP contribution < -0.4 is 5.32 Å². The van der Waals surface area contributed by atoms with Crippen molar-refractivity contribution in [2.45, 2.75) is 13.8 Å². The van der Waals surface area contributed by atoms with Gasteiger partial charge in [-0.05, 0) is 43.0 Å². The minimum absolute atomic E-state index is 0.260. The third-order valence-corrected chi connectivity index (χ3v) is 4.69. The maximum Gasteiger partial charge on any atom is 0.277 e. The summed E-state index contributed by atoms with van der Waals surface area (Å²) < 4.78 is 10.8. The van der Waals surface area contributed by atoms with Gasteiger partial charge in [-0.3, -0.25) is 4.79 Å². The fourth-order valence-corrected chi connectivity index (χ4v) is 3.13. The van der Waals surface area contributed by atoms with E-state index in [1.165, 1.54) is 17.7 Å². The van der Waals surface area contributed by atoms with Crippen LogP contribution in [-0.2, 0) is 0 Å². The number of hydrogen-bond acceptors (Lipinski definition) is 7. The van der Waals surface area contributed by atoms with E-state index in [1.54, 1.807) is 13.0 Å². The minimum Gasteiger partial charge on any atom is -0.440 e. The number of benzene rings is 1. The SMILES string of the molecule is Cc1ccc(-c2nnco2)cc1NC(=O)c1nc(-c2cccs2)oc1C. The van der Waals surface area contributed by atoms with Gasteiger partial charge in [0.25, 0.3) is 5.91 Å². The molecule has 0 aliphatic heterocycles. The highest BCUT2D eigenvalue weighted by atomic mass is 32.1. The van der Waals surface area contributed by atoms with Gasteiger partial charge in [-0.2, -0.15) is 0 Å². The third-order valence-electron chi connectivity index (χ3n) is 3.84. The number of oxazole rings is 1. The highest BCUT2D eigenvalue weighted by Gasteiger charge is 2.19. The van der Waals surface area contributed by atoms with Crippen LogP contribution in [0.1, 0.15) is 21.8 Å². The number of nitrogens with zero attached hydrogens (tertiary/aromatic N) is 3. The van der Waals surface area contributed by atoms with E-state index in [0.29, 0.717) is 23.2 Å². The van der Waals surface area contributed by atoms with Crippen molar-refractivity contribution < 1.29 is 13.6 Å². The number of aryl methyl sites for hydroxylation is 2. The van der Waals surface area contributed by atoms with Crippen LogP contribution in [0.2, 0.25) is 0 Å². The molecule has 0 aliphatic rings. The first-order valence-electron chi connectivity index (χ1n) is 7.81. The van der Waals surface area contributed by atoms with Gasteiger partial charge in [0.05, 0.1) is 4.88 Å². The molecule has 3 aromatic heterocycles. The molecule has 0 atom stereocenters. The molecular formula is C18H14N4O3S. The number of aromatic nitrogens is 3. The molecule has 4 rings (SSSR count). The molecule has 0 saturated heterocycles. The number of carbonyl (C=O) groups excluding carboxylic acids is 1. The number of thiophene rings is 1. The summed E-state index contributed by atoms with van der Waals surface area (Å²) in [6.07, 6.45) is 1.26. The van der Waals surface area contributed by atoms with Gasteiger partial charge in [-0.15, -0.1) is 21.5 Å². The van der Waals surface area contributed by atoms with Crippen LogP contribution in [0.4, 0.5) is 5.69 Å². The minimum atomic E-state index is -0.333. The summed E-state index contributed by atoms with van der Waals surface area (Å²) in [6.45, 7) is 3.63. The number of amides is 1. The predicted octanol–water partition coefficient (Wildman–Crippen LogP) is 4.32. The molecule has 0 aliphatic carbocycles. The zero-order valence-electron chi connectivity index (χ0n) is 14.0. The normalized spacial score (nSPS) is 10.8. The molecule has 1 N–H and O–H groups in total. The summed E-state index contributed by atoms with van der Waals surface area (Å²) in [7, 11) is 0.